The third-order valence-electron chi connectivity index (χ3n) is 3.04. The van der Waals surface area contributed by atoms with Crippen molar-refractivity contribution in [3.05, 3.63) is 29.3 Å². The molecular formula is C15H18ClN3O3S. The van der Waals surface area contributed by atoms with Gasteiger partial charge in [0, 0.05) is 37.4 Å². The Morgan fingerprint density at radius 3 is 2.87 bits per heavy atom. The number of ether oxygens (including phenoxy) is 1. The Kier molecular flexibility index (Phi) is 6.88. The van der Waals surface area contributed by atoms with Gasteiger partial charge in [-0.1, -0.05) is 23.4 Å². The number of amidine groups is 1. The molecule has 0 spiro atoms. The molecule has 2 amide bonds. The fourth-order valence-corrected chi connectivity index (χ4v) is 3.04. The molecule has 2 rings (SSSR count). The number of nitrogens with one attached hydrogen (secondary N) is 2. The van der Waals surface area contributed by atoms with Crippen LogP contribution in [0.1, 0.15) is 12.8 Å². The third kappa shape index (κ3) is 5.85. The van der Waals surface area contributed by atoms with Gasteiger partial charge in [0.15, 0.2) is 5.17 Å². The summed E-state index contributed by atoms with van der Waals surface area (Å²) in [6.07, 6.45) is 0.883. The Morgan fingerprint density at radius 2 is 2.17 bits per heavy atom. The fourth-order valence-electron chi connectivity index (χ4n) is 1.92. The minimum Gasteiger partial charge on any atom is -0.385 e. The van der Waals surface area contributed by atoms with Gasteiger partial charge in [0.25, 0.3) is 0 Å². The normalized spacial score (nSPS) is 19.0. The Morgan fingerprint density at radius 1 is 1.43 bits per heavy atom. The minimum atomic E-state index is -0.455. The lowest BCUT2D eigenvalue weighted by atomic mass is 10.2. The summed E-state index contributed by atoms with van der Waals surface area (Å²) in [7, 11) is 1.63. The van der Waals surface area contributed by atoms with E-state index in [2.05, 4.69) is 15.6 Å². The second-order valence-corrected chi connectivity index (χ2v) is 6.52. The van der Waals surface area contributed by atoms with Crippen LogP contribution < -0.4 is 10.6 Å². The smallest absolute Gasteiger partial charge is 0.240 e. The van der Waals surface area contributed by atoms with Gasteiger partial charge in [-0.2, -0.15) is 0 Å². The highest BCUT2D eigenvalue weighted by Gasteiger charge is 2.31. The van der Waals surface area contributed by atoms with Crippen molar-refractivity contribution >= 4 is 46.0 Å². The number of nitrogens with zero attached hydrogens (tertiary/aromatic N) is 1. The predicted molar refractivity (Wildman–Crippen MR) is 93.0 cm³/mol. The van der Waals surface area contributed by atoms with E-state index in [1.807, 2.05) is 0 Å². The number of carbonyl (C=O) groups is 2. The van der Waals surface area contributed by atoms with Crippen LogP contribution in [0, 0.1) is 0 Å². The molecule has 8 heteroatoms. The molecule has 2 N–H and O–H groups in total. The number of hydrogen-bond acceptors (Lipinski definition) is 5. The summed E-state index contributed by atoms with van der Waals surface area (Å²) in [6.45, 7) is 1.21. The molecule has 1 fully saturated rings. The van der Waals surface area contributed by atoms with Crippen LogP contribution in [0.4, 0.5) is 5.69 Å². The number of rotatable bonds is 7. The van der Waals surface area contributed by atoms with Crippen molar-refractivity contribution in [3.8, 4) is 0 Å². The number of methoxy groups -OCH3 is 1. The van der Waals surface area contributed by atoms with Crippen LogP contribution >= 0.6 is 23.4 Å². The zero-order chi connectivity index (χ0) is 16.7. The summed E-state index contributed by atoms with van der Waals surface area (Å²) < 4.78 is 4.94. The number of thioether (sulfide) groups is 1. The zero-order valence-electron chi connectivity index (χ0n) is 12.7. The Labute approximate surface area is 144 Å². The van der Waals surface area contributed by atoms with Gasteiger partial charge in [0.05, 0.1) is 0 Å². The molecule has 23 heavy (non-hydrogen) atoms. The molecule has 1 atom stereocenters. The first-order chi connectivity index (χ1) is 11.1. The molecule has 0 aliphatic carbocycles. The standard InChI is InChI=1S/C15H18ClN3O3S/c1-22-8-2-7-17-15-19-14(21)12(23-15)9-13(20)18-11-5-3-10(16)4-6-11/h3-6,12H,2,7-9H2,1H3,(H,18,20)(H,17,19,21). The molecule has 1 aliphatic rings. The highest BCUT2D eigenvalue weighted by molar-refractivity contribution is 8.15. The number of benzene rings is 1. The van der Waals surface area contributed by atoms with Gasteiger partial charge in [0.2, 0.25) is 11.8 Å². The topological polar surface area (TPSA) is 79.8 Å². The van der Waals surface area contributed by atoms with E-state index in [4.69, 9.17) is 16.3 Å². The van der Waals surface area contributed by atoms with Crippen molar-refractivity contribution in [2.45, 2.75) is 18.1 Å². The number of amides is 2. The molecule has 0 bridgehead atoms. The van der Waals surface area contributed by atoms with E-state index in [0.29, 0.717) is 29.0 Å². The van der Waals surface area contributed by atoms with Crippen molar-refractivity contribution in [3.63, 3.8) is 0 Å². The van der Waals surface area contributed by atoms with Gasteiger partial charge < -0.3 is 15.4 Å². The van der Waals surface area contributed by atoms with E-state index in [1.165, 1.54) is 11.8 Å². The second kappa shape index (κ2) is 8.90. The van der Waals surface area contributed by atoms with Gasteiger partial charge in [-0.05, 0) is 30.7 Å². The summed E-state index contributed by atoms with van der Waals surface area (Å²) in [4.78, 5) is 28.2. The Balaban J connectivity index is 1.81. The van der Waals surface area contributed by atoms with E-state index in [9.17, 15) is 9.59 Å². The molecule has 1 saturated heterocycles. The van der Waals surface area contributed by atoms with Gasteiger partial charge in [0.1, 0.15) is 5.25 Å². The molecule has 0 radical (unpaired) electrons. The largest absolute Gasteiger partial charge is 0.385 e. The molecule has 6 nitrogen and oxygen atoms in total. The summed E-state index contributed by atoms with van der Waals surface area (Å²) in [6, 6.07) is 6.81. The average molecular weight is 356 g/mol. The quantitative estimate of drug-likeness (QED) is 0.735. The summed E-state index contributed by atoms with van der Waals surface area (Å²) in [5, 5.41) is 6.15. The third-order valence-corrected chi connectivity index (χ3v) is 4.41. The highest BCUT2D eigenvalue weighted by atomic mass is 35.5. The van der Waals surface area contributed by atoms with Gasteiger partial charge >= 0.3 is 0 Å². The van der Waals surface area contributed by atoms with Crippen LogP contribution in [0.25, 0.3) is 0 Å². The number of anilines is 1. The molecular weight excluding hydrogens is 338 g/mol. The number of aliphatic imine (C=N–C) groups is 1. The maximum Gasteiger partial charge on any atom is 0.240 e. The maximum absolute atomic E-state index is 12.0. The summed E-state index contributed by atoms with van der Waals surface area (Å²) in [5.41, 5.74) is 0.649. The van der Waals surface area contributed by atoms with E-state index < -0.39 is 5.25 Å². The van der Waals surface area contributed by atoms with E-state index >= 15 is 0 Å². The molecule has 124 valence electrons. The first-order valence-electron chi connectivity index (χ1n) is 7.15. The zero-order valence-corrected chi connectivity index (χ0v) is 14.2. The van der Waals surface area contributed by atoms with E-state index in [1.54, 1.807) is 31.4 Å². The van der Waals surface area contributed by atoms with Gasteiger partial charge in [-0.3, -0.25) is 14.6 Å². The van der Waals surface area contributed by atoms with E-state index in [-0.39, 0.29) is 18.2 Å². The second-order valence-electron chi connectivity index (χ2n) is 4.89. The monoisotopic (exact) mass is 355 g/mol. The lowest BCUT2D eigenvalue weighted by Gasteiger charge is -2.07. The highest BCUT2D eigenvalue weighted by Crippen LogP contribution is 2.23. The average Bonchev–Trinajstić information content (AvgIpc) is 2.86. The van der Waals surface area contributed by atoms with Crippen LogP contribution in [0.2, 0.25) is 5.02 Å². The van der Waals surface area contributed by atoms with Crippen molar-refractivity contribution in [1.29, 1.82) is 0 Å². The van der Waals surface area contributed by atoms with Crippen LogP contribution in [-0.2, 0) is 14.3 Å². The summed E-state index contributed by atoms with van der Waals surface area (Å²) in [5.74, 6) is -0.410. The van der Waals surface area contributed by atoms with Gasteiger partial charge in [-0.15, -0.1) is 0 Å². The predicted octanol–water partition coefficient (Wildman–Crippen LogP) is 2.29. The van der Waals surface area contributed by atoms with E-state index in [0.717, 1.165) is 6.42 Å². The molecule has 1 unspecified atom stereocenters. The SMILES string of the molecule is COCCCN=C1NC(=O)C(CC(=O)Nc2ccc(Cl)cc2)S1. The lowest BCUT2D eigenvalue weighted by Crippen LogP contribution is -2.28. The molecule has 0 saturated carbocycles. The van der Waals surface area contributed by atoms with Crippen molar-refractivity contribution in [2.24, 2.45) is 4.99 Å². The van der Waals surface area contributed by atoms with Crippen molar-refractivity contribution < 1.29 is 14.3 Å². The van der Waals surface area contributed by atoms with Crippen molar-refractivity contribution in [1.82, 2.24) is 5.32 Å². The summed E-state index contributed by atoms with van der Waals surface area (Å²) >= 11 is 7.08. The molecule has 0 aromatic heterocycles. The van der Waals surface area contributed by atoms with Crippen LogP contribution in [-0.4, -0.2) is 42.5 Å². The lowest BCUT2D eigenvalue weighted by molar-refractivity contribution is -0.122. The number of hydrogen-bond donors (Lipinski definition) is 2. The molecule has 1 aliphatic heterocycles. The fraction of sp³-hybridized carbons (Fsp3) is 0.400. The molecule has 1 aromatic rings. The number of carbonyl (C=O) groups excluding carboxylic acids is 2. The minimum absolute atomic E-state index is 0.0935. The van der Waals surface area contributed by atoms with Crippen LogP contribution in [0.3, 0.4) is 0 Å². The van der Waals surface area contributed by atoms with Crippen LogP contribution in [0.15, 0.2) is 29.3 Å². The molecule has 1 heterocycles. The Bertz CT molecular complexity index is 592. The first kappa shape index (κ1) is 17.8. The maximum atomic E-state index is 12.0. The Hall–Kier alpha value is -1.57. The van der Waals surface area contributed by atoms with Crippen LogP contribution in [0.5, 0.6) is 0 Å². The number of halogens is 1. The molecule has 1 aromatic carbocycles. The first-order valence-corrected chi connectivity index (χ1v) is 8.40. The van der Waals surface area contributed by atoms with Crippen molar-refractivity contribution in [2.75, 3.05) is 25.6 Å². The van der Waals surface area contributed by atoms with Gasteiger partial charge in [-0.25, -0.2) is 0 Å².